The second kappa shape index (κ2) is 8.85. The lowest BCUT2D eigenvalue weighted by Gasteiger charge is -2.34. The summed E-state index contributed by atoms with van der Waals surface area (Å²) in [6.45, 7) is 9.29. The number of halogens is 3. The van der Waals surface area contributed by atoms with Crippen LogP contribution in [-0.4, -0.2) is 68.3 Å². The SMILES string of the molecule is CC(C)CNCCCCN1CCN(CC(F)(F)F)CC1. The predicted octanol–water partition coefficient (Wildman–Crippen LogP) is 2.19. The highest BCUT2D eigenvalue weighted by atomic mass is 19.4. The molecule has 1 rings (SSSR count). The molecule has 0 amide bonds. The van der Waals surface area contributed by atoms with Crippen molar-refractivity contribution in [2.24, 2.45) is 5.92 Å². The number of hydrogen-bond acceptors (Lipinski definition) is 3. The van der Waals surface area contributed by atoms with Crippen molar-refractivity contribution < 1.29 is 13.2 Å². The Hall–Kier alpha value is -0.330. The van der Waals surface area contributed by atoms with Gasteiger partial charge in [0.2, 0.25) is 0 Å². The first-order valence-corrected chi connectivity index (χ1v) is 7.59. The van der Waals surface area contributed by atoms with Crippen molar-refractivity contribution in [2.45, 2.75) is 32.9 Å². The van der Waals surface area contributed by atoms with Gasteiger partial charge in [-0.15, -0.1) is 0 Å². The van der Waals surface area contributed by atoms with Crippen LogP contribution < -0.4 is 5.32 Å². The third-order valence-electron chi connectivity index (χ3n) is 3.50. The predicted molar refractivity (Wildman–Crippen MR) is 75.9 cm³/mol. The van der Waals surface area contributed by atoms with Gasteiger partial charge in [-0.05, 0) is 38.4 Å². The normalized spacial score (nSPS) is 18.9. The quantitative estimate of drug-likeness (QED) is 0.693. The fraction of sp³-hybridized carbons (Fsp3) is 1.00. The lowest BCUT2D eigenvalue weighted by Crippen LogP contribution is -2.49. The Morgan fingerprint density at radius 3 is 2.15 bits per heavy atom. The van der Waals surface area contributed by atoms with Crippen molar-refractivity contribution >= 4 is 0 Å². The summed E-state index contributed by atoms with van der Waals surface area (Å²) in [6.07, 6.45) is -1.82. The molecule has 0 unspecified atom stereocenters. The minimum Gasteiger partial charge on any atom is -0.316 e. The Labute approximate surface area is 120 Å². The first kappa shape index (κ1) is 17.7. The largest absolute Gasteiger partial charge is 0.401 e. The number of unbranched alkanes of at least 4 members (excludes halogenated alkanes) is 1. The van der Waals surface area contributed by atoms with Crippen molar-refractivity contribution in [3.05, 3.63) is 0 Å². The zero-order valence-electron chi connectivity index (χ0n) is 12.7. The van der Waals surface area contributed by atoms with Crippen LogP contribution in [-0.2, 0) is 0 Å². The third-order valence-corrected chi connectivity index (χ3v) is 3.50. The van der Waals surface area contributed by atoms with E-state index in [4.69, 9.17) is 0 Å². The maximum Gasteiger partial charge on any atom is 0.401 e. The van der Waals surface area contributed by atoms with E-state index in [1.54, 1.807) is 0 Å². The van der Waals surface area contributed by atoms with Gasteiger partial charge < -0.3 is 10.2 Å². The number of nitrogens with zero attached hydrogens (tertiary/aromatic N) is 2. The summed E-state index contributed by atoms with van der Waals surface area (Å²) in [7, 11) is 0. The van der Waals surface area contributed by atoms with Crippen LogP contribution in [0.3, 0.4) is 0 Å². The fourth-order valence-corrected chi connectivity index (χ4v) is 2.40. The minimum absolute atomic E-state index is 0.533. The molecule has 3 nitrogen and oxygen atoms in total. The molecule has 0 saturated carbocycles. The molecular weight excluding hydrogens is 267 g/mol. The zero-order chi connectivity index (χ0) is 15.0. The van der Waals surface area contributed by atoms with Crippen LogP contribution in [0, 0.1) is 5.92 Å². The topological polar surface area (TPSA) is 18.5 Å². The molecule has 0 aromatic heterocycles. The highest BCUT2D eigenvalue weighted by Crippen LogP contribution is 2.17. The van der Waals surface area contributed by atoms with Crippen LogP contribution >= 0.6 is 0 Å². The molecule has 1 saturated heterocycles. The Morgan fingerprint density at radius 1 is 1.00 bits per heavy atom. The van der Waals surface area contributed by atoms with Crippen LogP contribution in [0.2, 0.25) is 0 Å². The molecule has 1 heterocycles. The second-order valence-corrected chi connectivity index (χ2v) is 6.04. The van der Waals surface area contributed by atoms with Gasteiger partial charge in [-0.25, -0.2) is 0 Å². The van der Waals surface area contributed by atoms with E-state index in [-0.39, 0.29) is 0 Å². The van der Waals surface area contributed by atoms with E-state index >= 15 is 0 Å². The Balaban J connectivity index is 2.00. The van der Waals surface area contributed by atoms with E-state index < -0.39 is 12.7 Å². The molecule has 0 aliphatic carbocycles. The first-order valence-electron chi connectivity index (χ1n) is 7.59. The van der Waals surface area contributed by atoms with Gasteiger partial charge in [0.25, 0.3) is 0 Å². The standard InChI is InChI=1S/C14H28F3N3/c1-13(2)11-18-5-3-4-6-19-7-9-20(10-8-19)12-14(15,16)17/h13,18H,3-12H2,1-2H3. The molecule has 0 aromatic carbocycles. The fourth-order valence-electron chi connectivity index (χ4n) is 2.40. The molecule has 0 radical (unpaired) electrons. The van der Waals surface area contributed by atoms with Crippen LogP contribution in [0.1, 0.15) is 26.7 Å². The smallest absolute Gasteiger partial charge is 0.316 e. The van der Waals surface area contributed by atoms with Crippen molar-refractivity contribution in [1.82, 2.24) is 15.1 Å². The number of rotatable bonds is 8. The summed E-state index contributed by atoms with van der Waals surface area (Å²) in [6, 6.07) is 0. The van der Waals surface area contributed by atoms with Crippen molar-refractivity contribution in [3.8, 4) is 0 Å². The van der Waals surface area contributed by atoms with Crippen LogP contribution in [0.4, 0.5) is 13.2 Å². The van der Waals surface area contributed by atoms with E-state index in [1.807, 2.05) is 0 Å². The summed E-state index contributed by atoms with van der Waals surface area (Å²) < 4.78 is 36.8. The Bertz CT molecular complexity index is 249. The molecule has 20 heavy (non-hydrogen) atoms. The molecule has 1 fully saturated rings. The minimum atomic E-state index is -4.07. The molecule has 0 bridgehead atoms. The van der Waals surface area contributed by atoms with Gasteiger partial charge in [-0.1, -0.05) is 13.8 Å². The zero-order valence-corrected chi connectivity index (χ0v) is 12.7. The summed E-state index contributed by atoms with van der Waals surface area (Å²) in [5.41, 5.74) is 0. The van der Waals surface area contributed by atoms with Crippen molar-refractivity contribution in [1.29, 1.82) is 0 Å². The monoisotopic (exact) mass is 295 g/mol. The molecule has 0 atom stereocenters. The molecule has 0 spiro atoms. The van der Waals surface area contributed by atoms with E-state index in [9.17, 15) is 13.2 Å². The van der Waals surface area contributed by atoms with Crippen LogP contribution in [0.25, 0.3) is 0 Å². The number of hydrogen-bond donors (Lipinski definition) is 1. The van der Waals surface area contributed by atoms with E-state index in [0.29, 0.717) is 19.0 Å². The van der Waals surface area contributed by atoms with Gasteiger partial charge in [-0.3, -0.25) is 4.90 Å². The molecule has 1 aliphatic heterocycles. The van der Waals surface area contributed by atoms with Gasteiger partial charge in [0, 0.05) is 26.2 Å². The van der Waals surface area contributed by atoms with Crippen molar-refractivity contribution in [3.63, 3.8) is 0 Å². The van der Waals surface area contributed by atoms with Gasteiger partial charge in [0.1, 0.15) is 0 Å². The van der Waals surface area contributed by atoms with E-state index in [2.05, 4.69) is 24.1 Å². The maximum absolute atomic E-state index is 12.3. The average Bonchev–Trinajstić information content (AvgIpc) is 2.33. The molecule has 1 aliphatic rings. The first-order chi connectivity index (χ1) is 9.37. The highest BCUT2D eigenvalue weighted by Gasteiger charge is 2.31. The van der Waals surface area contributed by atoms with Crippen molar-refractivity contribution in [2.75, 3.05) is 52.4 Å². The lowest BCUT2D eigenvalue weighted by atomic mass is 10.2. The number of alkyl halides is 3. The molecule has 120 valence electrons. The Morgan fingerprint density at radius 2 is 1.60 bits per heavy atom. The highest BCUT2D eigenvalue weighted by molar-refractivity contribution is 4.73. The van der Waals surface area contributed by atoms with E-state index in [1.165, 1.54) is 4.90 Å². The summed E-state index contributed by atoms with van der Waals surface area (Å²) in [5, 5.41) is 3.40. The number of nitrogens with one attached hydrogen (secondary N) is 1. The molecule has 1 N–H and O–H groups in total. The van der Waals surface area contributed by atoms with Crippen LogP contribution in [0.15, 0.2) is 0 Å². The van der Waals surface area contributed by atoms with Gasteiger partial charge >= 0.3 is 6.18 Å². The second-order valence-electron chi connectivity index (χ2n) is 6.04. The van der Waals surface area contributed by atoms with Gasteiger partial charge in [0.15, 0.2) is 0 Å². The van der Waals surface area contributed by atoms with Gasteiger partial charge in [-0.2, -0.15) is 13.2 Å². The molecular formula is C14H28F3N3. The molecule has 6 heteroatoms. The summed E-state index contributed by atoms with van der Waals surface area (Å²) in [4.78, 5) is 3.77. The summed E-state index contributed by atoms with van der Waals surface area (Å²) in [5.74, 6) is 0.678. The third kappa shape index (κ3) is 8.76. The summed E-state index contributed by atoms with van der Waals surface area (Å²) >= 11 is 0. The Kier molecular flexibility index (Phi) is 7.84. The lowest BCUT2D eigenvalue weighted by molar-refractivity contribution is -0.149. The molecule has 0 aromatic rings. The van der Waals surface area contributed by atoms with E-state index in [0.717, 1.165) is 45.6 Å². The number of piperazine rings is 1. The van der Waals surface area contributed by atoms with Gasteiger partial charge in [0.05, 0.1) is 6.54 Å². The van der Waals surface area contributed by atoms with Crippen LogP contribution in [0.5, 0.6) is 0 Å². The average molecular weight is 295 g/mol. The maximum atomic E-state index is 12.3.